The van der Waals surface area contributed by atoms with E-state index in [0.717, 1.165) is 44.9 Å². The minimum atomic E-state index is -4.35. The van der Waals surface area contributed by atoms with Crippen molar-refractivity contribution in [3.8, 4) is 0 Å². The van der Waals surface area contributed by atoms with Gasteiger partial charge in [0, 0.05) is 18.5 Å². The number of alkyl halides is 4. The van der Waals surface area contributed by atoms with Crippen molar-refractivity contribution in [1.82, 2.24) is 9.62 Å². The summed E-state index contributed by atoms with van der Waals surface area (Å²) in [5, 5.41) is 2.65. The molecule has 10 heteroatoms. The molecule has 2 heterocycles. The first-order chi connectivity index (χ1) is 15.1. The fraction of sp³-hybridized carbons (Fsp3) is 1.00. The number of hydrogen-bond donors (Lipinski definition) is 1. The predicted octanol–water partition coefficient (Wildman–Crippen LogP) is 4.38. The van der Waals surface area contributed by atoms with E-state index in [-0.39, 0.29) is 23.8 Å². The molecule has 4 rings (SSSR count). The summed E-state index contributed by atoms with van der Waals surface area (Å²) in [6.45, 7) is -0.0515. The topological polar surface area (TPSA) is 58.6 Å². The van der Waals surface area contributed by atoms with Gasteiger partial charge in [-0.3, -0.25) is 5.32 Å². The van der Waals surface area contributed by atoms with Crippen molar-refractivity contribution >= 4 is 10.0 Å². The summed E-state index contributed by atoms with van der Waals surface area (Å²) in [5.74, 6) is 0.505. The van der Waals surface area contributed by atoms with E-state index in [0.29, 0.717) is 38.8 Å². The average Bonchev–Trinajstić information content (AvgIpc) is 2.77. The van der Waals surface area contributed by atoms with Crippen LogP contribution in [-0.4, -0.2) is 62.3 Å². The average molecular weight is 485 g/mol. The number of fused-ring (bicyclic) bond motifs is 1. The van der Waals surface area contributed by atoms with Gasteiger partial charge in [0.15, 0.2) is 0 Å². The Kier molecular flexibility index (Phi) is 7.74. The maximum atomic E-state index is 13.5. The SMILES string of the molecule is O=S(=O)(C1CCC(F)CC1)N1CCCC2CC(C3CCCNC3OCC(F)(F)F)CCC21. The van der Waals surface area contributed by atoms with E-state index >= 15 is 0 Å². The molecular weight excluding hydrogens is 448 g/mol. The number of rotatable bonds is 5. The van der Waals surface area contributed by atoms with Gasteiger partial charge in [0.05, 0.1) is 5.25 Å². The molecule has 0 aromatic carbocycles. The molecule has 186 valence electrons. The second kappa shape index (κ2) is 10.0. The monoisotopic (exact) mass is 484 g/mol. The summed E-state index contributed by atoms with van der Waals surface area (Å²) < 4.78 is 85.4. The Hall–Kier alpha value is -0.450. The van der Waals surface area contributed by atoms with Crippen LogP contribution in [0.3, 0.4) is 0 Å². The summed E-state index contributed by atoms with van der Waals surface area (Å²) in [4.78, 5) is 0. The molecule has 2 saturated carbocycles. The van der Waals surface area contributed by atoms with Crippen molar-refractivity contribution in [3.05, 3.63) is 0 Å². The lowest BCUT2D eigenvalue weighted by atomic mass is 9.68. The third-order valence-electron chi connectivity index (χ3n) is 8.14. The molecule has 0 aromatic heterocycles. The van der Waals surface area contributed by atoms with Gasteiger partial charge in [0.1, 0.15) is 19.0 Å². The lowest BCUT2D eigenvalue weighted by Gasteiger charge is -2.49. The van der Waals surface area contributed by atoms with Crippen LogP contribution in [0.1, 0.15) is 70.6 Å². The van der Waals surface area contributed by atoms with E-state index in [2.05, 4.69) is 5.32 Å². The molecule has 0 radical (unpaired) electrons. The number of sulfonamides is 1. The Morgan fingerprint density at radius 2 is 1.69 bits per heavy atom. The Morgan fingerprint density at radius 1 is 0.938 bits per heavy atom. The van der Waals surface area contributed by atoms with Crippen LogP contribution in [0.25, 0.3) is 0 Å². The summed E-state index contributed by atoms with van der Waals surface area (Å²) in [5.41, 5.74) is 0. The predicted molar refractivity (Wildman–Crippen MR) is 113 cm³/mol. The van der Waals surface area contributed by atoms with Crippen molar-refractivity contribution in [3.63, 3.8) is 0 Å². The molecular formula is C22H36F4N2O3S. The third-order valence-corrected chi connectivity index (χ3v) is 10.6. The number of ether oxygens (including phenoxy) is 1. The molecule has 5 unspecified atom stereocenters. The van der Waals surface area contributed by atoms with E-state index in [1.165, 1.54) is 0 Å². The highest BCUT2D eigenvalue weighted by Gasteiger charge is 2.47. The quantitative estimate of drug-likeness (QED) is 0.589. The Balaban J connectivity index is 1.40. The number of nitrogens with zero attached hydrogens (tertiary/aromatic N) is 1. The van der Waals surface area contributed by atoms with Crippen molar-refractivity contribution in [2.45, 2.75) is 100 Å². The highest BCUT2D eigenvalue weighted by atomic mass is 32.2. The van der Waals surface area contributed by atoms with Gasteiger partial charge in [-0.15, -0.1) is 0 Å². The van der Waals surface area contributed by atoms with E-state index < -0.39 is 40.5 Å². The lowest BCUT2D eigenvalue weighted by Crippen LogP contribution is -2.55. The molecule has 0 spiro atoms. The first-order valence-electron chi connectivity index (χ1n) is 12.2. The molecule has 0 amide bonds. The number of nitrogens with one attached hydrogen (secondary N) is 1. The van der Waals surface area contributed by atoms with Gasteiger partial charge in [0.25, 0.3) is 0 Å². The third kappa shape index (κ3) is 5.61. The van der Waals surface area contributed by atoms with E-state index in [1.807, 2.05) is 0 Å². The summed E-state index contributed by atoms with van der Waals surface area (Å²) in [6, 6.07) is -0.0285. The van der Waals surface area contributed by atoms with E-state index in [1.54, 1.807) is 4.31 Å². The molecule has 2 aliphatic heterocycles. The molecule has 0 bridgehead atoms. The Morgan fingerprint density at radius 3 is 2.41 bits per heavy atom. The second-order valence-electron chi connectivity index (χ2n) is 10.2. The molecule has 0 aromatic rings. The number of piperidine rings is 2. The molecule has 4 fully saturated rings. The largest absolute Gasteiger partial charge is 0.411 e. The molecule has 2 saturated heterocycles. The first kappa shape index (κ1) is 24.7. The van der Waals surface area contributed by atoms with E-state index in [4.69, 9.17) is 4.74 Å². The molecule has 1 N–H and O–H groups in total. The normalized spacial score (nSPS) is 40.1. The maximum absolute atomic E-state index is 13.5. The first-order valence-corrected chi connectivity index (χ1v) is 13.7. The Bertz CT molecular complexity index is 727. The standard InChI is InChI=1S/C22H36F4N2O3S/c23-17-6-8-18(9-7-17)32(29,30)28-12-2-3-16-13-15(5-10-20(16)28)19-4-1-11-27-21(19)31-14-22(24,25)26/h15-21,27H,1-14H2. The van der Waals surface area contributed by atoms with Crippen LogP contribution in [0.2, 0.25) is 0 Å². The molecule has 2 aliphatic carbocycles. The lowest BCUT2D eigenvalue weighted by molar-refractivity contribution is -0.200. The molecule has 4 aliphatic rings. The van der Waals surface area contributed by atoms with Gasteiger partial charge < -0.3 is 4.74 Å². The van der Waals surface area contributed by atoms with Crippen molar-refractivity contribution < 1.29 is 30.7 Å². The molecule has 5 nitrogen and oxygen atoms in total. The maximum Gasteiger partial charge on any atom is 0.411 e. The van der Waals surface area contributed by atoms with Crippen molar-refractivity contribution in [1.29, 1.82) is 0 Å². The fourth-order valence-electron chi connectivity index (χ4n) is 6.60. The zero-order valence-corrected chi connectivity index (χ0v) is 19.3. The van der Waals surface area contributed by atoms with Gasteiger partial charge in [-0.05, 0) is 89.0 Å². The minimum absolute atomic E-state index is 0.0267. The minimum Gasteiger partial charge on any atom is -0.354 e. The van der Waals surface area contributed by atoms with Crippen molar-refractivity contribution in [2.75, 3.05) is 19.7 Å². The zero-order valence-electron chi connectivity index (χ0n) is 18.5. The van der Waals surface area contributed by atoms with Gasteiger partial charge in [-0.2, -0.15) is 17.5 Å². The zero-order chi connectivity index (χ0) is 22.9. The number of halogens is 4. The van der Waals surface area contributed by atoms with Gasteiger partial charge in [-0.25, -0.2) is 12.8 Å². The summed E-state index contributed by atoms with van der Waals surface area (Å²) in [7, 11) is -3.45. The fourth-order valence-corrected chi connectivity index (χ4v) is 8.89. The van der Waals surface area contributed by atoms with Crippen LogP contribution in [-0.2, 0) is 14.8 Å². The second-order valence-corrected chi connectivity index (χ2v) is 12.3. The number of hydrogen-bond acceptors (Lipinski definition) is 4. The van der Waals surface area contributed by atoms with Crippen LogP contribution < -0.4 is 5.32 Å². The van der Waals surface area contributed by atoms with Gasteiger partial charge in [0.2, 0.25) is 10.0 Å². The van der Waals surface area contributed by atoms with Crippen LogP contribution in [0, 0.1) is 17.8 Å². The van der Waals surface area contributed by atoms with Crippen LogP contribution >= 0.6 is 0 Å². The summed E-state index contributed by atoms with van der Waals surface area (Å²) in [6.07, 6.45) is 1.52. The molecule has 5 atom stereocenters. The highest BCUT2D eigenvalue weighted by molar-refractivity contribution is 7.89. The van der Waals surface area contributed by atoms with Crippen molar-refractivity contribution in [2.24, 2.45) is 17.8 Å². The van der Waals surface area contributed by atoms with Gasteiger partial charge >= 0.3 is 6.18 Å². The van der Waals surface area contributed by atoms with Gasteiger partial charge in [-0.1, -0.05) is 0 Å². The van der Waals surface area contributed by atoms with Crippen LogP contribution in [0.5, 0.6) is 0 Å². The van der Waals surface area contributed by atoms with Crippen LogP contribution in [0.15, 0.2) is 0 Å². The molecule has 32 heavy (non-hydrogen) atoms. The smallest absolute Gasteiger partial charge is 0.354 e. The van der Waals surface area contributed by atoms with Crippen LogP contribution in [0.4, 0.5) is 17.6 Å². The summed E-state index contributed by atoms with van der Waals surface area (Å²) >= 11 is 0. The highest BCUT2D eigenvalue weighted by Crippen LogP contribution is 2.45. The van der Waals surface area contributed by atoms with E-state index in [9.17, 15) is 26.0 Å². The Labute approximate surface area is 188 Å².